The van der Waals surface area contributed by atoms with Gasteiger partial charge in [-0.2, -0.15) is 0 Å². The zero-order valence-electron chi connectivity index (χ0n) is 11.9. The molecule has 0 N–H and O–H groups in total. The van der Waals surface area contributed by atoms with E-state index in [9.17, 15) is 0 Å². The van der Waals surface area contributed by atoms with E-state index in [4.69, 9.17) is 0 Å². The van der Waals surface area contributed by atoms with Crippen LogP contribution in [0.4, 0.5) is 0 Å². The van der Waals surface area contributed by atoms with Crippen LogP contribution in [0.3, 0.4) is 0 Å². The quantitative estimate of drug-likeness (QED) is 0.571. The molecule has 0 amide bonds. The number of aryl methyl sites for hydroxylation is 1. The molecule has 1 aromatic carbocycles. The number of rotatable bonds is 5. The van der Waals surface area contributed by atoms with E-state index >= 15 is 0 Å². The number of hydrogen-bond donors (Lipinski definition) is 0. The standard InChI is InChI=1S/C18H24.CH4/c1-4-15(5-2)10-6-7-11-16-13-17-12-8-9-14(3)18(16)17;/h6,8-9,12,16H,4-5,7,11,13H2,1-3H3;1H4. The molecule has 19 heavy (non-hydrogen) atoms. The van der Waals surface area contributed by atoms with Gasteiger partial charge in [-0.05, 0) is 73.3 Å². The Balaban J connectivity index is 0.00000180. The van der Waals surface area contributed by atoms with Crippen LogP contribution in [0, 0.1) is 6.92 Å². The zero-order valence-corrected chi connectivity index (χ0v) is 11.9. The average Bonchev–Trinajstić information content (AvgIpc) is 2.34. The van der Waals surface area contributed by atoms with Gasteiger partial charge in [0.25, 0.3) is 0 Å². The maximum absolute atomic E-state index is 3.45. The van der Waals surface area contributed by atoms with Crippen LogP contribution in [0.1, 0.15) is 69.6 Å². The van der Waals surface area contributed by atoms with Gasteiger partial charge < -0.3 is 0 Å². The fourth-order valence-corrected chi connectivity index (χ4v) is 2.94. The number of allylic oxidation sites excluding steroid dienone is 1. The molecule has 1 aromatic rings. The van der Waals surface area contributed by atoms with Gasteiger partial charge in [0, 0.05) is 0 Å². The molecule has 1 atom stereocenters. The molecule has 0 heteroatoms. The van der Waals surface area contributed by atoms with Crippen LogP contribution in [-0.4, -0.2) is 0 Å². The average molecular weight is 256 g/mol. The van der Waals surface area contributed by atoms with Gasteiger partial charge in [-0.15, -0.1) is 5.73 Å². The van der Waals surface area contributed by atoms with Gasteiger partial charge in [0.1, 0.15) is 0 Å². The van der Waals surface area contributed by atoms with E-state index in [1.165, 1.54) is 30.4 Å². The first-order valence-electron chi connectivity index (χ1n) is 7.27. The van der Waals surface area contributed by atoms with E-state index in [0.717, 1.165) is 18.8 Å². The highest BCUT2D eigenvalue weighted by molar-refractivity contribution is 5.45. The van der Waals surface area contributed by atoms with Crippen molar-refractivity contribution >= 4 is 0 Å². The van der Waals surface area contributed by atoms with E-state index in [1.54, 1.807) is 11.1 Å². The minimum absolute atomic E-state index is 0. The van der Waals surface area contributed by atoms with Crippen LogP contribution in [0.15, 0.2) is 35.6 Å². The maximum Gasteiger partial charge on any atom is -0.0113 e. The Kier molecular flexibility index (Phi) is 6.12. The van der Waals surface area contributed by atoms with Crippen molar-refractivity contribution in [1.29, 1.82) is 0 Å². The zero-order chi connectivity index (χ0) is 13.0. The highest BCUT2D eigenvalue weighted by Crippen LogP contribution is 2.40. The lowest BCUT2D eigenvalue weighted by Crippen LogP contribution is -2.18. The summed E-state index contributed by atoms with van der Waals surface area (Å²) in [5, 5.41) is 0. The fourth-order valence-electron chi connectivity index (χ4n) is 2.94. The molecule has 0 fully saturated rings. The highest BCUT2D eigenvalue weighted by Gasteiger charge is 2.26. The van der Waals surface area contributed by atoms with Crippen molar-refractivity contribution in [2.75, 3.05) is 0 Å². The summed E-state index contributed by atoms with van der Waals surface area (Å²) in [6.07, 6.45) is 8.26. The molecule has 0 saturated carbocycles. The Morgan fingerprint density at radius 1 is 1.32 bits per heavy atom. The van der Waals surface area contributed by atoms with Crippen molar-refractivity contribution in [1.82, 2.24) is 0 Å². The molecule has 1 unspecified atom stereocenters. The summed E-state index contributed by atoms with van der Waals surface area (Å²) >= 11 is 0. The largest absolute Gasteiger partial charge is 0.126 e. The van der Waals surface area contributed by atoms with E-state index in [-0.39, 0.29) is 7.43 Å². The van der Waals surface area contributed by atoms with E-state index in [1.807, 2.05) is 0 Å². The molecular formula is C19H28. The molecule has 0 nitrogen and oxygen atoms in total. The Bertz CT molecular complexity index is 453. The predicted molar refractivity (Wildman–Crippen MR) is 85.8 cm³/mol. The Hall–Kier alpha value is -1.26. The van der Waals surface area contributed by atoms with Gasteiger partial charge in [-0.3, -0.25) is 0 Å². The summed E-state index contributed by atoms with van der Waals surface area (Å²) < 4.78 is 0. The third-order valence-electron chi connectivity index (χ3n) is 4.11. The van der Waals surface area contributed by atoms with E-state index in [0.29, 0.717) is 0 Å². The van der Waals surface area contributed by atoms with Gasteiger partial charge in [-0.1, -0.05) is 39.5 Å². The van der Waals surface area contributed by atoms with Crippen LogP contribution in [0.2, 0.25) is 0 Å². The molecule has 1 aliphatic rings. The molecule has 1 aliphatic carbocycles. The third-order valence-corrected chi connectivity index (χ3v) is 4.11. The van der Waals surface area contributed by atoms with Crippen molar-refractivity contribution in [3.05, 3.63) is 52.3 Å². The van der Waals surface area contributed by atoms with Crippen molar-refractivity contribution in [2.45, 2.75) is 66.2 Å². The SMILES string of the molecule is C.CCC(=C=CCCC1Cc2cccc(C)c21)CC. The van der Waals surface area contributed by atoms with Crippen LogP contribution < -0.4 is 0 Å². The Labute approximate surface area is 119 Å². The summed E-state index contributed by atoms with van der Waals surface area (Å²) in [6, 6.07) is 6.70. The summed E-state index contributed by atoms with van der Waals surface area (Å²) in [5.74, 6) is 0.797. The van der Waals surface area contributed by atoms with Crippen LogP contribution >= 0.6 is 0 Å². The van der Waals surface area contributed by atoms with Gasteiger partial charge in [0.2, 0.25) is 0 Å². The topological polar surface area (TPSA) is 0 Å². The number of benzene rings is 1. The first-order valence-corrected chi connectivity index (χ1v) is 7.27. The van der Waals surface area contributed by atoms with Gasteiger partial charge in [0.15, 0.2) is 0 Å². The summed E-state index contributed by atoms with van der Waals surface area (Å²) in [7, 11) is 0. The summed E-state index contributed by atoms with van der Waals surface area (Å²) in [5.41, 5.74) is 9.57. The molecule has 0 aromatic heterocycles. The second-order valence-corrected chi connectivity index (χ2v) is 5.29. The highest BCUT2D eigenvalue weighted by atomic mass is 14.3. The third kappa shape index (κ3) is 3.61. The lowest BCUT2D eigenvalue weighted by Gasteiger charge is -2.31. The van der Waals surface area contributed by atoms with E-state index in [2.05, 4.69) is 50.8 Å². The lowest BCUT2D eigenvalue weighted by atomic mass is 9.73. The van der Waals surface area contributed by atoms with Crippen molar-refractivity contribution in [3.8, 4) is 0 Å². The van der Waals surface area contributed by atoms with Crippen molar-refractivity contribution in [2.24, 2.45) is 0 Å². The van der Waals surface area contributed by atoms with Gasteiger partial charge >= 0.3 is 0 Å². The fraction of sp³-hybridized carbons (Fsp3) is 0.526. The number of hydrogen-bond acceptors (Lipinski definition) is 0. The molecule has 0 spiro atoms. The molecule has 0 heterocycles. The molecule has 0 aliphatic heterocycles. The minimum Gasteiger partial charge on any atom is -0.126 e. The molecule has 0 saturated heterocycles. The number of fused-ring (bicyclic) bond motifs is 1. The molecular weight excluding hydrogens is 228 g/mol. The summed E-state index contributed by atoms with van der Waals surface area (Å²) in [4.78, 5) is 0. The smallest absolute Gasteiger partial charge is 0.0113 e. The molecule has 0 radical (unpaired) electrons. The van der Waals surface area contributed by atoms with Crippen molar-refractivity contribution < 1.29 is 0 Å². The minimum atomic E-state index is 0. The monoisotopic (exact) mass is 256 g/mol. The second kappa shape index (κ2) is 7.36. The predicted octanol–water partition coefficient (Wildman–Crippen LogP) is 5.95. The van der Waals surface area contributed by atoms with Crippen LogP contribution in [-0.2, 0) is 6.42 Å². The molecule has 0 bridgehead atoms. The first-order chi connectivity index (χ1) is 8.76. The van der Waals surface area contributed by atoms with Crippen LogP contribution in [0.5, 0.6) is 0 Å². The second-order valence-electron chi connectivity index (χ2n) is 5.29. The van der Waals surface area contributed by atoms with Gasteiger partial charge in [-0.25, -0.2) is 0 Å². The van der Waals surface area contributed by atoms with E-state index < -0.39 is 0 Å². The maximum atomic E-state index is 3.45. The molecule has 2 rings (SSSR count). The van der Waals surface area contributed by atoms with Crippen LogP contribution in [0.25, 0.3) is 0 Å². The summed E-state index contributed by atoms with van der Waals surface area (Å²) in [6.45, 7) is 6.67. The Morgan fingerprint density at radius 2 is 2.05 bits per heavy atom. The molecule has 104 valence electrons. The van der Waals surface area contributed by atoms with Crippen molar-refractivity contribution in [3.63, 3.8) is 0 Å². The van der Waals surface area contributed by atoms with Gasteiger partial charge in [0.05, 0.1) is 0 Å². The Morgan fingerprint density at radius 3 is 2.68 bits per heavy atom. The lowest BCUT2D eigenvalue weighted by molar-refractivity contribution is 0.561. The normalized spacial score (nSPS) is 15.6. The first kappa shape index (κ1) is 15.8.